The molecule has 1 N–H and O–H groups in total. The average Bonchev–Trinajstić information content (AvgIpc) is 2.84. The molecule has 7 heteroatoms. The van der Waals surface area contributed by atoms with Crippen molar-refractivity contribution in [3.05, 3.63) is 66.2 Å². The normalized spacial score (nSPS) is 13.6. The molecule has 31 heavy (non-hydrogen) atoms. The molecular formula is C24H26N4O3. The molecule has 0 saturated carbocycles. The molecule has 1 fully saturated rings. The van der Waals surface area contributed by atoms with Gasteiger partial charge in [0.15, 0.2) is 5.82 Å². The Hall–Kier alpha value is -3.45. The predicted molar refractivity (Wildman–Crippen MR) is 120 cm³/mol. The molecule has 0 spiro atoms. The van der Waals surface area contributed by atoms with E-state index in [4.69, 9.17) is 9.47 Å². The van der Waals surface area contributed by atoms with Crippen molar-refractivity contribution in [3.63, 3.8) is 0 Å². The Morgan fingerprint density at radius 2 is 1.87 bits per heavy atom. The number of rotatable bonds is 7. The molecule has 1 amide bonds. The van der Waals surface area contributed by atoms with Gasteiger partial charge in [0.1, 0.15) is 5.75 Å². The Morgan fingerprint density at radius 3 is 2.58 bits per heavy atom. The third-order valence-corrected chi connectivity index (χ3v) is 5.23. The molecule has 3 aromatic rings. The Morgan fingerprint density at radius 1 is 1.06 bits per heavy atom. The first kappa shape index (κ1) is 20.8. The van der Waals surface area contributed by atoms with Gasteiger partial charge in [-0.2, -0.15) is 0 Å². The number of ether oxygens (including phenoxy) is 2. The van der Waals surface area contributed by atoms with E-state index in [-0.39, 0.29) is 5.91 Å². The van der Waals surface area contributed by atoms with Crippen LogP contribution in [0.5, 0.6) is 5.75 Å². The van der Waals surface area contributed by atoms with Crippen molar-refractivity contribution in [1.29, 1.82) is 0 Å². The fourth-order valence-corrected chi connectivity index (χ4v) is 3.47. The average molecular weight is 418 g/mol. The van der Waals surface area contributed by atoms with Crippen molar-refractivity contribution in [2.45, 2.75) is 12.8 Å². The van der Waals surface area contributed by atoms with Crippen LogP contribution in [-0.4, -0.2) is 49.5 Å². The van der Waals surface area contributed by atoms with E-state index in [1.54, 1.807) is 7.11 Å². The smallest absolute Gasteiger partial charge is 0.224 e. The Labute approximate surface area is 182 Å². The van der Waals surface area contributed by atoms with Crippen molar-refractivity contribution in [2.75, 3.05) is 43.6 Å². The lowest BCUT2D eigenvalue weighted by Crippen LogP contribution is -2.36. The summed E-state index contributed by atoms with van der Waals surface area (Å²) < 4.78 is 10.5. The molecular weight excluding hydrogens is 392 g/mol. The first-order chi connectivity index (χ1) is 15.2. The molecule has 1 aliphatic heterocycles. The lowest BCUT2D eigenvalue weighted by atomic mass is 10.1. The van der Waals surface area contributed by atoms with Gasteiger partial charge in [-0.1, -0.05) is 24.3 Å². The van der Waals surface area contributed by atoms with E-state index in [9.17, 15) is 4.79 Å². The summed E-state index contributed by atoms with van der Waals surface area (Å²) in [6.45, 7) is 3.07. The molecule has 0 aliphatic carbocycles. The van der Waals surface area contributed by atoms with Crippen LogP contribution in [0.4, 0.5) is 11.5 Å². The molecule has 160 valence electrons. The van der Waals surface area contributed by atoms with Crippen LogP contribution in [0.3, 0.4) is 0 Å². The summed E-state index contributed by atoms with van der Waals surface area (Å²) in [6, 6.07) is 19.4. The number of carbonyl (C=O) groups excluding carboxylic acids is 1. The second-order valence-electron chi connectivity index (χ2n) is 7.35. The zero-order chi connectivity index (χ0) is 21.5. The second-order valence-corrected chi connectivity index (χ2v) is 7.35. The molecule has 7 nitrogen and oxygen atoms in total. The van der Waals surface area contributed by atoms with Gasteiger partial charge in [-0.15, -0.1) is 10.2 Å². The number of carbonyl (C=O) groups is 1. The first-order valence-electron chi connectivity index (χ1n) is 10.4. The lowest BCUT2D eigenvalue weighted by molar-refractivity contribution is -0.116. The molecule has 1 saturated heterocycles. The minimum Gasteiger partial charge on any atom is -0.497 e. The van der Waals surface area contributed by atoms with E-state index in [0.29, 0.717) is 26.1 Å². The molecule has 2 heterocycles. The summed E-state index contributed by atoms with van der Waals surface area (Å²) in [6.07, 6.45) is 1.08. The molecule has 2 aromatic carbocycles. The van der Waals surface area contributed by atoms with Crippen LogP contribution in [0.1, 0.15) is 12.0 Å². The Bertz CT molecular complexity index is 1000. The number of anilines is 2. The minimum atomic E-state index is -0.0262. The summed E-state index contributed by atoms with van der Waals surface area (Å²) in [5, 5.41) is 11.7. The van der Waals surface area contributed by atoms with E-state index in [1.807, 2.05) is 60.7 Å². The zero-order valence-corrected chi connectivity index (χ0v) is 17.6. The van der Waals surface area contributed by atoms with Crippen LogP contribution in [0.15, 0.2) is 60.7 Å². The van der Waals surface area contributed by atoms with Gasteiger partial charge < -0.3 is 19.7 Å². The van der Waals surface area contributed by atoms with Crippen LogP contribution < -0.4 is 15.0 Å². The SMILES string of the molecule is COc1ccc(CCC(=O)Nc2cccc(-c3ccc(N4CCOCC4)nn3)c2)cc1. The maximum absolute atomic E-state index is 12.4. The van der Waals surface area contributed by atoms with Gasteiger partial charge in [-0.3, -0.25) is 4.79 Å². The molecule has 0 unspecified atom stereocenters. The van der Waals surface area contributed by atoms with E-state index < -0.39 is 0 Å². The molecule has 0 atom stereocenters. The summed E-state index contributed by atoms with van der Waals surface area (Å²) >= 11 is 0. The lowest BCUT2D eigenvalue weighted by Gasteiger charge is -2.27. The van der Waals surface area contributed by atoms with Crippen molar-refractivity contribution >= 4 is 17.4 Å². The Balaban J connectivity index is 1.35. The zero-order valence-electron chi connectivity index (χ0n) is 17.6. The topological polar surface area (TPSA) is 76.6 Å². The molecule has 1 aliphatic rings. The number of methoxy groups -OCH3 is 1. The standard InChI is InChI=1S/C24H26N4O3/c1-30-21-8-5-18(6-9-21)7-12-24(29)25-20-4-2-3-19(17-20)22-10-11-23(27-26-22)28-13-15-31-16-14-28/h2-6,8-11,17H,7,12-16H2,1H3,(H,25,29). The summed E-state index contributed by atoms with van der Waals surface area (Å²) in [4.78, 5) is 14.6. The van der Waals surface area contributed by atoms with E-state index >= 15 is 0 Å². The number of aryl methyl sites for hydroxylation is 1. The van der Waals surface area contributed by atoms with Gasteiger partial charge in [0.2, 0.25) is 5.91 Å². The molecule has 1 aromatic heterocycles. The van der Waals surface area contributed by atoms with E-state index in [1.165, 1.54) is 0 Å². The van der Waals surface area contributed by atoms with Crippen molar-refractivity contribution in [2.24, 2.45) is 0 Å². The number of benzene rings is 2. The number of aromatic nitrogens is 2. The minimum absolute atomic E-state index is 0.0262. The highest BCUT2D eigenvalue weighted by atomic mass is 16.5. The van der Waals surface area contributed by atoms with E-state index in [0.717, 1.165) is 47.2 Å². The van der Waals surface area contributed by atoms with Gasteiger partial charge in [-0.25, -0.2) is 0 Å². The largest absolute Gasteiger partial charge is 0.497 e. The summed E-state index contributed by atoms with van der Waals surface area (Å²) in [7, 11) is 1.64. The summed E-state index contributed by atoms with van der Waals surface area (Å²) in [5.41, 5.74) is 3.52. The highest BCUT2D eigenvalue weighted by molar-refractivity contribution is 5.91. The molecule has 0 bridgehead atoms. The quantitative estimate of drug-likeness (QED) is 0.632. The Kier molecular flexibility index (Phi) is 6.74. The number of nitrogens with zero attached hydrogens (tertiary/aromatic N) is 3. The van der Waals surface area contributed by atoms with E-state index in [2.05, 4.69) is 20.4 Å². The fourth-order valence-electron chi connectivity index (χ4n) is 3.47. The highest BCUT2D eigenvalue weighted by Crippen LogP contribution is 2.22. The van der Waals surface area contributed by atoms with Crippen LogP contribution in [0.25, 0.3) is 11.3 Å². The van der Waals surface area contributed by atoms with Gasteiger partial charge in [-0.05, 0) is 48.4 Å². The number of morpholine rings is 1. The van der Waals surface area contributed by atoms with Gasteiger partial charge >= 0.3 is 0 Å². The second kappa shape index (κ2) is 10.0. The maximum atomic E-state index is 12.4. The van der Waals surface area contributed by atoms with Crippen molar-refractivity contribution in [1.82, 2.24) is 10.2 Å². The van der Waals surface area contributed by atoms with Gasteiger partial charge in [0.25, 0.3) is 0 Å². The van der Waals surface area contributed by atoms with Gasteiger partial charge in [0, 0.05) is 30.8 Å². The maximum Gasteiger partial charge on any atom is 0.224 e. The molecule has 4 rings (SSSR count). The van der Waals surface area contributed by atoms with Crippen molar-refractivity contribution in [3.8, 4) is 17.0 Å². The third kappa shape index (κ3) is 5.58. The number of hydrogen-bond acceptors (Lipinski definition) is 6. The highest BCUT2D eigenvalue weighted by Gasteiger charge is 2.13. The summed E-state index contributed by atoms with van der Waals surface area (Å²) in [5.74, 6) is 1.64. The van der Waals surface area contributed by atoms with Gasteiger partial charge in [0.05, 0.1) is 26.0 Å². The van der Waals surface area contributed by atoms with Crippen LogP contribution >= 0.6 is 0 Å². The van der Waals surface area contributed by atoms with Crippen LogP contribution in [-0.2, 0) is 16.0 Å². The predicted octanol–water partition coefficient (Wildman–Crippen LogP) is 3.56. The monoisotopic (exact) mass is 418 g/mol. The fraction of sp³-hybridized carbons (Fsp3) is 0.292. The molecule has 0 radical (unpaired) electrons. The number of hydrogen-bond donors (Lipinski definition) is 1. The third-order valence-electron chi connectivity index (χ3n) is 5.23. The van der Waals surface area contributed by atoms with Crippen LogP contribution in [0.2, 0.25) is 0 Å². The van der Waals surface area contributed by atoms with Crippen LogP contribution in [0, 0.1) is 0 Å². The number of amides is 1. The van der Waals surface area contributed by atoms with Crippen molar-refractivity contribution < 1.29 is 14.3 Å². The number of nitrogens with one attached hydrogen (secondary N) is 1. The first-order valence-corrected chi connectivity index (χ1v) is 10.4.